The van der Waals surface area contributed by atoms with Crippen molar-refractivity contribution in [3.8, 4) is 11.8 Å². The first-order valence-electron chi connectivity index (χ1n) is 6.04. The Kier molecular flexibility index (Phi) is 5.62. The Morgan fingerprint density at radius 1 is 1.63 bits per heavy atom. The first-order valence-corrected chi connectivity index (χ1v) is 6.04. The van der Waals surface area contributed by atoms with Gasteiger partial charge in [0.25, 0.3) is 0 Å². The second-order valence-corrected chi connectivity index (χ2v) is 4.21. The van der Waals surface area contributed by atoms with Crippen LogP contribution in [-0.4, -0.2) is 19.6 Å². The van der Waals surface area contributed by atoms with Crippen LogP contribution in [0.1, 0.15) is 23.5 Å². The van der Waals surface area contributed by atoms with Gasteiger partial charge in [-0.15, -0.1) is 6.58 Å². The van der Waals surface area contributed by atoms with Crippen molar-refractivity contribution in [3.05, 3.63) is 42.0 Å². The molecular formula is C15H18N2O2. The summed E-state index contributed by atoms with van der Waals surface area (Å²) in [5.41, 5.74) is 1.78. The maximum absolute atomic E-state index is 11.6. The van der Waals surface area contributed by atoms with Crippen LogP contribution in [0.4, 0.5) is 0 Å². The molecule has 4 heteroatoms. The van der Waals surface area contributed by atoms with E-state index in [1.54, 1.807) is 13.2 Å². The summed E-state index contributed by atoms with van der Waals surface area (Å²) in [5.74, 6) is 0.172. The number of hydrogen-bond acceptors (Lipinski definition) is 3. The number of amides is 1. The van der Waals surface area contributed by atoms with Gasteiger partial charge in [0, 0.05) is 13.0 Å². The molecule has 0 aliphatic heterocycles. The summed E-state index contributed by atoms with van der Waals surface area (Å²) in [4.78, 5) is 11.6. The summed E-state index contributed by atoms with van der Waals surface area (Å²) in [5, 5.41) is 11.9. The molecule has 0 saturated heterocycles. The number of nitrogens with one attached hydrogen (secondary N) is 1. The maximum Gasteiger partial charge on any atom is 0.221 e. The first kappa shape index (κ1) is 14.8. The molecule has 0 radical (unpaired) electrons. The molecule has 0 saturated carbocycles. The summed E-state index contributed by atoms with van der Waals surface area (Å²) < 4.78 is 5.17. The van der Waals surface area contributed by atoms with Crippen LogP contribution in [-0.2, 0) is 4.79 Å². The van der Waals surface area contributed by atoms with Gasteiger partial charge < -0.3 is 10.1 Å². The molecule has 1 N–H and O–H groups in total. The van der Waals surface area contributed by atoms with Gasteiger partial charge >= 0.3 is 0 Å². The number of aryl methyl sites for hydroxylation is 1. The number of nitrogens with zero attached hydrogens (tertiary/aromatic N) is 1. The molecule has 100 valence electrons. The molecule has 4 nitrogen and oxygen atoms in total. The Morgan fingerprint density at radius 3 is 2.89 bits per heavy atom. The molecule has 19 heavy (non-hydrogen) atoms. The second-order valence-electron chi connectivity index (χ2n) is 4.21. The molecule has 0 bridgehead atoms. The monoisotopic (exact) mass is 258 g/mol. The number of carbonyl (C=O) groups is 1. The average molecular weight is 258 g/mol. The van der Waals surface area contributed by atoms with Crippen molar-refractivity contribution in [2.75, 3.05) is 13.7 Å². The van der Waals surface area contributed by atoms with Crippen LogP contribution in [0, 0.1) is 18.3 Å². The zero-order valence-electron chi connectivity index (χ0n) is 11.3. The molecular weight excluding hydrogens is 240 g/mol. The summed E-state index contributed by atoms with van der Waals surface area (Å²) in [6.07, 6.45) is 1.76. The van der Waals surface area contributed by atoms with E-state index >= 15 is 0 Å². The lowest BCUT2D eigenvalue weighted by Crippen LogP contribution is -2.24. The molecule has 1 atom stereocenters. The SMILES string of the molecule is C=CCNC(=O)CC(C#N)c1ccc(OC)c(C)c1. The highest BCUT2D eigenvalue weighted by Gasteiger charge is 2.16. The zero-order chi connectivity index (χ0) is 14.3. The highest BCUT2D eigenvalue weighted by atomic mass is 16.5. The minimum atomic E-state index is -0.450. The predicted molar refractivity (Wildman–Crippen MR) is 73.9 cm³/mol. The van der Waals surface area contributed by atoms with Gasteiger partial charge in [-0.2, -0.15) is 5.26 Å². The van der Waals surface area contributed by atoms with Crippen LogP contribution in [0.3, 0.4) is 0 Å². The minimum absolute atomic E-state index is 0.149. The van der Waals surface area contributed by atoms with Crippen LogP contribution in [0.25, 0.3) is 0 Å². The van der Waals surface area contributed by atoms with Crippen molar-refractivity contribution >= 4 is 5.91 Å². The molecule has 0 aliphatic carbocycles. The van der Waals surface area contributed by atoms with Gasteiger partial charge in [0.15, 0.2) is 0 Å². The molecule has 0 spiro atoms. The van der Waals surface area contributed by atoms with Crippen molar-refractivity contribution < 1.29 is 9.53 Å². The minimum Gasteiger partial charge on any atom is -0.496 e. The molecule has 0 aliphatic rings. The summed E-state index contributed by atoms with van der Waals surface area (Å²) >= 11 is 0. The predicted octanol–water partition coefficient (Wildman–Crippen LogP) is 2.30. The third kappa shape index (κ3) is 4.14. The molecule has 1 unspecified atom stereocenters. The number of ether oxygens (including phenoxy) is 1. The smallest absolute Gasteiger partial charge is 0.221 e. The highest BCUT2D eigenvalue weighted by molar-refractivity contribution is 5.77. The molecule has 0 fully saturated rings. The number of rotatable bonds is 6. The van der Waals surface area contributed by atoms with Crippen molar-refractivity contribution in [1.29, 1.82) is 5.26 Å². The fourth-order valence-corrected chi connectivity index (χ4v) is 1.80. The van der Waals surface area contributed by atoms with Crippen molar-refractivity contribution in [2.24, 2.45) is 0 Å². The Hall–Kier alpha value is -2.28. The quantitative estimate of drug-likeness (QED) is 0.796. The van der Waals surface area contributed by atoms with E-state index in [2.05, 4.69) is 18.0 Å². The van der Waals surface area contributed by atoms with Gasteiger partial charge in [-0.3, -0.25) is 4.79 Å². The van der Waals surface area contributed by atoms with Crippen LogP contribution in [0.15, 0.2) is 30.9 Å². The van der Waals surface area contributed by atoms with Gasteiger partial charge in [-0.1, -0.05) is 18.2 Å². The maximum atomic E-state index is 11.6. The van der Waals surface area contributed by atoms with Gasteiger partial charge in [0.1, 0.15) is 5.75 Å². The molecule has 1 aromatic rings. The van der Waals surface area contributed by atoms with Gasteiger partial charge in [0.2, 0.25) is 5.91 Å². The topological polar surface area (TPSA) is 62.1 Å². The number of benzene rings is 1. The Morgan fingerprint density at radius 2 is 2.37 bits per heavy atom. The Labute approximate surface area is 113 Å². The highest BCUT2D eigenvalue weighted by Crippen LogP contribution is 2.25. The molecule has 1 rings (SSSR count). The van der Waals surface area contributed by atoms with E-state index in [4.69, 9.17) is 4.74 Å². The van der Waals surface area contributed by atoms with Gasteiger partial charge in [-0.05, 0) is 24.1 Å². The standard InChI is InChI=1S/C15H18N2O2/c1-4-7-17-15(18)9-13(10-16)12-5-6-14(19-3)11(2)8-12/h4-6,8,13H,1,7,9H2,2-3H3,(H,17,18). The lowest BCUT2D eigenvalue weighted by Gasteiger charge is -2.12. The van der Waals surface area contributed by atoms with E-state index in [9.17, 15) is 10.1 Å². The van der Waals surface area contributed by atoms with Gasteiger partial charge in [0.05, 0.1) is 19.1 Å². The van der Waals surface area contributed by atoms with Gasteiger partial charge in [-0.25, -0.2) is 0 Å². The van der Waals surface area contributed by atoms with Crippen LogP contribution >= 0.6 is 0 Å². The lowest BCUT2D eigenvalue weighted by molar-refractivity contribution is -0.121. The second kappa shape index (κ2) is 7.22. The Balaban J connectivity index is 2.80. The van der Waals surface area contributed by atoms with Crippen LogP contribution in [0.2, 0.25) is 0 Å². The van der Waals surface area contributed by atoms with Crippen molar-refractivity contribution in [2.45, 2.75) is 19.3 Å². The number of methoxy groups -OCH3 is 1. The van der Waals surface area contributed by atoms with E-state index in [1.165, 1.54) is 0 Å². The molecule has 1 amide bonds. The van der Waals surface area contributed by atoms with E-state index in [0.717, 1.165) is 16.9 Å². The largest absolute Gasteiger partial charge is 0.496 e. The summed E-state index contributed by atoms with van der Waals surface area (Å²) in [7, 11) is 1.60. The van der Waals surface area contributed by atoms with Crippen LogP contribution in [0.5, 0.6) is 5.75 Å². The van der Waals surface area contributed by atoms with E-state index in [-0.39, 0.29) is 12.3 Å². The first-order chi connectivity index (χ1) is 9.12. The molecule has 0 heterocycles. The van der Waals surface area contributed by atoms with E-state index < -0.39 is 5.92 Å². The average Bonchev–Trinajstić information content (AvgIpc) is 2.42. The van der Waals surface area contributed by atoms with E-state index in [1.807, 2.05) is 25.1 Å². The van der Waals surface area contributed by atoms with Crippen molar-refractivity contribution in [1.82, 2.24) is 5.32 Å². The third-order valence-electron chi connectivity index (χ3n) is 2.81. The summed E-state index contributed by atoms with van der Waals surface area (Å²) in [6.45, 7) is 5.85. The number of hydrogen-bond donors (Lipinski definition) is 1. The fraction of sp³-hybridized carbons (Fsp3) is 0.333. The zero-order valence-corrected chi connectivity index (χ0v) is 11.3. The summed E-state index contributed by atoms with van der Waals surface area (Å²) in [6, 6.07) is 7.68. The fourth-order valence-electron chi connectivity index (χ4n) is 1.80. The van der Waals surface area contributed by atoms with Crippen molar-refractivity contribution in [3.63, 3.8) is 0 Å². The normalized spacial score (nSPS) is 11.2. The van der Waals surface area contributed by atoms with E-state index in [0.29, 0.717) is 6.54 Å². The number of nitriles is 1. The van der Waals surface area contributed by atoms with Crippen LogP contribution < -0.4 is 10.1 Å². The number of carbonyl (C=O) groups excluding carboxylic acids is 1. The molecule has 0 aromatic heterocycles. The third-order valence-corrected chi connectivity index (χ3v) is 2.81. The Bertz CT molecular complexity index is 503. The molecule has 1 aromatic carbocycles. The lowest BCUT2D eigenvalue weighted by atomic mass is 9.95.